The zero-order chi connectivity index (χ0) is 16.3. The highest BCUT2D eigenvalue weighted by molar-refractivity contribution is 5.78. The minimum atomic E-state index is -4.55. The van der Waals surface area contributed by atoms with Gasteiger partial charge in [-0.25, -0.2) is 0 Å². The fraction of sp³-hybridized carbons (Fsp3) is 0.857. The van der Waals surface area contributed by atoms with Gasteiger partial charge in [0, 0.05) is 26.2 Å². The van der Waals surface area contributed by atoms with Gasteiger partial charge in [-0.3, -0.25) is 14.5 Å². The van der Waals surface area contributed by atoms with Gasteiger partial charge in [-0.05, 0) is 12.8 Å². The van der Waals surface area contributed by atoms with Crippen molar-refractivity contribution in [2.24, 2.45) is 11.8 Å². The standard InChI is InChI=1S/C14H21F3N2O3/c15-14(16,17)11-8-18(7-10(11)13(21)22)9-12(20)19-5-3-1-2-4-6-19/h10-11H,1-9H2,(H,21,22)/t10-,11-/m1/s1. The summed E-state index contributed by atoms with van der Waals surface area (Å²) >= 11 is 0. The number of carbonyl (C=O) groups excluding carboxylic acids is 1. The Labute approximate surface area is 127 Å². The number of carboxylic acids is 1. The molecular weight excluding hydrogens is 301 g/mol. The van der Waals surface area contributed by atoms with Crippen LogP contribution in [0.25, 0.3) is 0 Å². The molecule has 126 valence electrons. The summed E-state index contributed by atoms with van der Waals surface area (Å²) in [5, 5.41) is 8.96. The average Bonchev–Trinajstić information content (AvgIpc) is 2.67. The zero-order valence-corrected chi connectivity index (χ0v) is 12.3. The van der Waals surface area contributed by atoms with E-state index in [-0.39, 0.29) is 19.0 Å². The molecular formula is C14H21F3N2O3. The molecule has 1 N–H and O–H groups in total. The van der Waals surface area contributed by atoms with Crippen LogP contribution in [0, 0.1) is 11.8 Å². The lowest BCUT2D eigenvalue weighted by molar-refractivity contribution is -0.188. The molecule has 0 bridgehead atoms. The summed E-state index contributed by atoms with van der Waals surface area (Å²) in [4.78, 5) is 26.2. The minimum Gasteiger partial charge on any atom is -0.481 e. The summed E-state index contributed by atoms with van der Waals surface area (Å²) in [7, 11) is 0. The maximum absolute atomic E-state index is 12.9. The summed E-state index contributed by atoms with van der Waals surface area (Å²) in [5.41, 5.74) is 0. The highest BCUT2D eigenvalue weighted by Crippen LogP contribution is 2.37. The van der Waals surface area contributed by atoms with Crippen molar-refractivity contribution < 1.29 is 27.9 Å². The van der Waals surface area contributed by atoms with E-state index in [1.165, 1.54) is 4.90 Å². The van der Waals surface area contributed by atoms with Crippen LogP contribution < -0.4 is 0 Å². The first-order valence-electron chi connectivity index (χ1n) is 7.58. The molecule has 0 aliphatic carbocycles. The third kappa shape index (κ3) is 4.12. The molecule has 2 atom stereocenters. The molecule has 0 saturated carbocycles. The third-order valence-corrected chi connectivity index (χ3v) is 4.45. The van der Waals surface area contributed by atoms with Gasteiger partial charge in [-0.1, -0.05) is 12.8 Å². The van der Waals surface area contributed by atoms with Gasteiger partial charge in [0.05, 0.1) is 18.4 Å². The summed E-state index contributed by atoms with van der Waals surface area (Å²) < 4.78 is 38.7. The lowest BCUT2D eigenvalue weighted by Crippen LogP contribution is -2.40. The molecule has 0 aromatic rings. The van der Waals surface area contributed by atoms with Crippen LogP contribution in [0.5, 0.6) is 0 Å². The Kier molecular flexibility index (Phi) is 5.31. The van der Waals surface area contributed by atoms with Crippen LogP contribution >= 0.6 is 0 Å². The quantitative estimate of drug-likeness (QED) is 0.857. The second-order valence-corrected chi connectivity index (χ2v) is 6.08. The molecule has 0 aromatic heterocycles. The normalized spacial score (nSPS) is 27.7. The van der Waals surface area contributed by atoms with E-state index < -0.39 is 30.5 Å². The van der Waals surface area contributed by atoms with E-state index in [0.29, 0.717) is 13.1 Å². The van der Waals surface area contributed by atoms with Gasteiger partial charge in [0.1, 0.15) is 0 Å². The SMILES string of the molecule is O=C(O)[C@@H]1CN(CC(=O)N2CCCCCC2)C[C@H]1C(F)(F)F. The molecule has 8 heteroatoms. The van der Waals surface area contributed by atoms with Crippen LogP contribution in [0.1, 0.15) is 25.7 Å². The monoisotopic (exact) mass is 322 g/mol. The van der Waals surface area contributed by atoms with E-state index in [1.807, 2.05) is 0 Å². The molecule has 0 unspecified atom stereocenters. The maximum Gasteiger partial charge on any atom is 0.393 e. The van der Waals surface area contributed by atoms with Gasteiger partial charge in [-0.15, -0.1) is 0 Å². The number of likely N-dealkylation sites (tertiary alicyclic amines) is 2. The molecule has 5 nitrogen and oxygen atoms in total. The van der Waals surface area contributed by atoms with Crippen molar-refractivity contribution in [2.45, 2.75) is 31.9 Å². The maximum atomic E-state index is 12.9. The zero-order valence-electron chi connectivity index (χ0n) is 12.3. The number of aliphatic carboxylic acids is 1. The highest BCUT2D eigenvalue weighted by atomic mass is 19.4. The smallest absolute Gasteiger partial charge is 0.393 e. The van der Waals surface area contributed by atoms with E-state index in [2.05, 4.69) is 0 Å². The average molecular weight is 322 g/mol. The van der Waals surface area contributed by atoms with E-state index in [4.69, 9.17) is 5.11 Å². The van der Waals surface area contributed by atoms with E-state index >= 15 is 0 Å². The van der Waals surface area contributed by atoms with Crippen molar-refractivity contribution in [3.8, 4) is 0 Å². The molecule has 0 radical (unpaired) electrons. The number of nitrogens with zero attached hydrogens (tertiary/aromatic N) is 2. The largest absolute Gasteiger partial charge is 0.481 e. The fourth-order valence-electron chi connectivity index (χ4n) is 3.21. The Morgan fingerprint density at radius 1 is 1.05 bits per heavy atom. The van der Waals surface area contributed by atoms with Crippen molar-refractivity contribution in [1.29, 1.82) is 0 Å². The number of halogens is 3. The predicted molar refractivity (Wildman–Crippen MR) is 72.2 cm³/mol. The van der Waals surface area contributed by atoms with Crippen molar-refractivity contribution in [3.05, 3.63) is 0 Å². The Hall–Kier alpha value is -1.31. The first kappa shape index (κ1) is 17.1. The second kappa shape index (κ2) is 6.85. The molecule has 22 heavy (non-hydrogen) atoms. The number of hydrogen-bond donors (Lipinski definition) is 1. The number of amides is 1. The fourth-order valence-corrected chi connectivity index (χ4v) is 3.21. The first-order valence-corrected chi connectivity index (χ1v) is 7.58. The molecule has 2 saturated heterocycles. The molecule has 0 aromatic carbocycles. The second-order valence-electron chi connectivity index (χ2n) is 6.08. The van der Waals surface area contributed by atoms with Gasteiger partial charge < -0.3 is 10.0 Å². The van der Waals surface area contributed by atoms with Crippen molar-refractivity contribution in [3.63, 3.8) is 0 Å². The molecule has 2 aliphatic heterocycles. The topological polar surface area (TPSA) is 60.9 Å². The Morgan fingerprint density at radius 2 is 1.64 bits per heavy atom. The Morgan fingerprint density at radius 3 is 2.09 bits per heavy atom. The number of rotatable bonds is 3. The van der Waals surface area contributed by atoms with Gasteiger partial charge in [0.2, 0.25) is 5.91 Å². The van der Waals surface area contributed by atoms with Crippen LogP contribution in [0.4, 0.5) is 13.2 Å². The predicted octanol–water partition coefficient (Wildman–Crippen LogP) is 1.58. The van der Waals surface area contributed by atoms with Crippen LogP contribution in [-0.2, 0) is 9.59 Å². The lowest BCUT2D eigenvalue weighted by Gasteiger charge is -2.24. The summed E-state index contributed by atoms with van der Waals surface area (Å²) in [6.45, 7) is 0.505. The van der Waals surface area contributed by atoms with Gasteiger partial charge in [0.15, 0.2) is 0 Å². The van der Waals surface area contributed by atoms with Crippen molar-refractivity contribution in [2.75, 3.05) is 32.7 Å². The summed E-state index contributed by atoms with van der Waals surface area (Å²) in [6, 6.07) is 0. The Bertz CT molecular complexity index is 420. The molecule has 1 amide bonds. The third-order valence-electron chi connectivity index (χ3n) is 4.45. The van der Waals surface area contributed by atoms with Crippen LogP contribution in [0.15, 0.2) is 0 Å². The van der Waals surface area contributed by atoms with Crippen LogP contribution in [0.2, 0.25) is 0 Å². The summed E-state index contributed by atoms with van der Waals surface area (Å²) in [5.74, 6) is -5.04. The number of alkyl halides is 3. The molecule has 0 spiro atoms. The number of carbonyl (C=O) groups is 2. The van der Waals surface area contributed by atoms with E-state index in [9.17, 15) is 22.8 Å². The minimum absolute atomic E-state index is 0.129. The first-order chi connectivity index (χ1) is 10.3. The Balaban J connectivity index is 1.95. The molecule has 2 heterocycles. The van der Waals surface area contributed by atoms with Gasteiger partial charge in [-0.2, -0.15) is 13.2 Å². The highest BCUT2D eigenvalue weighted by Gasteiger charge is 2.52. The van der Waals surface area contributed by atoms with Gasteiger partial charge >= 0.3 is 12.1 Å². The van der Waals surface area contributed by atoms with E-state index in [0.717, 1.165) is 25.7 Å². The van der Waals surface area contributed by atoms with E-state index in [1.54, 1.807) is 4.90 Å². The van der Waals surface area contributed by atoms with Crippen molar-refractivity contribution >= 4 is 11.9 Å². The molecule has 2 fully saturated rings. The van der Waals surface area contributed by atoms with Crippen LogP contribution in [-0.4, -0.2) is 65.7 Å². The molecule has 2 aliphatic rings. The van der Waals surface area contributed by atoms with Gasteiger partial charge in [0.25, 0.3) is 0 Å². The number of hydrogen-bond acceptors (Lipinski definition) is 3. The lowest BCUT2D eigenvalue weighted by atomic mass is 9.96. The summed E-state index contributed by atoms with van der Waals surface area (Å²) in [6.07, 6.45) is -0.609. The van der Waals surface area contributed by atoms with Crippen molar-refractivity contribution in [1.82, 2.24) is 9.80 Å². The number of carboxylic acid groups (broad SMARTS) is 1. The molecule has 2 rings (SSSR count). The van der Waals surface area contributed by atoms with Crippen LogP contribution in [0.3, 0.4) is 0 Å².